The van der Waals surface area contributed by atoms with E-state index in [-0.39, 0.29) is 10.5 Å². The van der Waals surface area contributed by atoms with E-state index in [9.17, 15) is 4.79 Å². The predicted octanol–water partition coefficient (Wildman–Crippen LogP) is 3.42. The van der Waals surface area contributed by atoms with Crippen LogP contribution >= 0.6 is 11.8 Å². The highest BCUT2D eigenvalue weighted by molar-refractivity contribution is 8.01. The Bertz CT molecular complexity index is 422. The molecule has 0 atom stereocenters. The molecule has 0 aliphatic rings. The van der Waals surface area contributed by atoms with Gasteiger partial charge in [0.15, 0.2) is 5.78 Å². The monoisotopic (exact) mass is 268 g/mol. The smallest absolute Gasteiger partial charge is 0.176 e. The Morgan fingerprint density at radius 3 is 2.39 bits per heavy atom. The van der Waals surface area contributed by atoms with E-state index in [0.717, 1.165) is 0 Å². The van der Waals surface area contributed by atoms with Gasteiger partial charge >= 0.3 is 0 Å². The zero-order chi connectivity index (χ0) is 13.8. The van der Waals surface area contributed by atoms with Crippen LogP contribution < -0.4 is 9.47 Å². The average molecular weight is 268 g/mol. The van der Waals surface area contributed by atoms with Gasteiger partial charge in [0.2, 0.25) is 0 Å². The molecule has 100 valence electrons. The van der Waals surface area contributed by atoms with Crippen molar-refractivity contribution in [2.75, 3.05) is 20.0 Å². The molecule has 0 bridgehead atoms. The lowest BCUT2D eigenvalue weighted by Gasteiger charge is -2.17. The molecule has 0 saturated carbocycles. The lowest BCUT2D eigenvalue weighted by Crippen LogP contribution is -2.13. The van der Waals surface area contributed by atoms with E-state index in [1.807, 2.05) is 0 Å². The van der Waals surface area contributed by atoms with Gasteiger partial charge in [-0.3, -0.25) is 4.79 Å². The molecule has 18 heavy (non-hydrogen) atoms. The van der Waals surface area contributed by atoms with Crippen molar-refractivity contribution in [2.24, 2.45) is 0 Å². The average Bonchev–Trinajstić information content (AvgIpc) is 2.34. The highest BCUT2D eigenvalue weighted by Crippen LogP contribution is 2.28. The first-order chi connectivity index (χ1) is 8.37. The van der Waals surface area contributed by atoms with E-state index in [1.54, 1.807) is 44.2 Å². The fraction of sp³-hybridized carbons (Fsp3) is 0.500. The van der Waals surface area contributed by atoms with Gasteiger partial charge in [-0.1, -0.05) is 20.8 Å². The van der Waals surface area contributed by atoms with Crippen molar-refractivity contribution < 1.29 is 14.3 Å². The molecule has 0 aromatic heterocycles. The number of methoxy groups -OCH3 is 2. The summed E-state index contributed by atoms with van der Waals surface area (Å²) in [5, 5.41) is 0. The van der Waals surface area contributed by atoms with Crippen molar-refractivity contribution in [2.45, 2.75) is 25.5 Å². The summed E-state index contributed by atoms with van der Waals surface area (Å²) in [6.07, 6.45) is 0. The molecular formula is C14H20O3S. The van der Waals surface area contributed by atoms with Crippen LogP contribution in [0.15, 0.2) is 18.2 Å². The van der Waals surface area contributed by atoms with E-state index in [0.29, 0.717) is 22.8 Å². The molecule has 4 heteroatoms. The van der Waals surface area contributed by atoms with Crippen molar-refractivity contribution in [3.05, 3.63) is 23.8 Å². The van der Waals surface area contributed by atoms with Crippen molar-refractivity contribution in [1.29, 1.82) is 0 Å². The number of carbonyl (C=O) groups is 1. The molecule has 0 spiro atoms. The number of rotatable bonds is 5. The Morgan fingerprint density at radius 1 is 1.22 bits per heavy atom. The van der Waals surface area contributed by atoms with Gasteiger partial charge in [-0.2, -0.15) is 0 Å². The van der Waals surface area contributed by atoms with Crippen LogP contribution in [-0.4, -0.2) is 30.5 Å². The number of hydrogen-bond donors (Lipinski definition) is 0. The third kappa shape index (κ3) is 4.26. The molecule has 0 fully saturated rings. The third-order valence-electron chi connectivity index (χ3n) is 2.34. The molecule has 0 heterocycles. The van der Waals surface area contributed by atoms with Crippen molar-refractivity contribution in [3.63, 3.8) is 0 Å². The highest BCUT2D eigenvalue weighted by atomic mass is 32.2. The number of carbonyl (C=O) groups excluding carboxylic acids is 1. The summed E-state index contributed by atoms with van der Waals surface area (Å²) in [5.74, 6) is 1.76. The molecular weight excluding hydrogens is 248 g/mol. The molecule has 0 aliphatic carbocycles. The molecule has 0 amide bonds. The fourth-order valence-electron chi connectivity index (χ4n) is 1.39. The topological polar surface area (TPSA) is 35.5 Å². The lowest BCUT2D eigenvalue weighted by molar-refractivity contribution is 0.101. The third-order valence-corrected chi connectivity index (χ3v) is 3.62. The van der Waals surface area contributed by atoms with Gasteiger partial charge in [0, 0.05) is 4.75 Å². The number of ketones is 1. The van der Waals surface area contributed by atoms with Gasteiger partial charge in [0.25, 0.3) is 0 Å². The van der Waals surface area contributed by atoms with Gasteiger partial charge in [-0.25, -0.2) is 0 Å². The maximum atomic E-state index is 12.2. The number of ether oxygens (including phenoxy) is 2. The fourth-order valence-corrected chi connectivity index (χ4v) is 2.11. The Kier molecular flexibility index (Phi) is 5.08. The molecule has 1 aromatic rings. The molecule has 3 nitrogen and oxygen atoms in total. The summed E-state index contributed by atoms with van der Waals surface area (Å²) in [5.41, 5.74) is 0.577. The van der Waals surface area contributed by atoms with E-state index >= 15 is 0 Å². The van der Waals surface area contributed by atoms with E-state index in [4.69, 9.17) is 9.47 Å². The number of hydrogen-bond acceptors (Lipinski definition) is 4. The van der Waals surface area contributed by atoms with Gasteiger partial charge < -0.3 is 9.47 Å². The number of thioether (sulfide) groups is 1. The summed E-state index contributed by atoms with van der Waals surface area (Å²) in [6, 6.07) is 5.27. The number of benzene rings is 1. The van der Waals surface area contributed by atoms with E-state index < -0.39 is 0 Å². The second-order valence-electron chi connectivity index (χ2n) is 4.89. The summed E-state index contributed by atoms with van der Waals surface area (Å²) >= 11 is 1.62. The Labute approximate surface area is 113 Å². The van der Waals surface area contributed by atoms with Gasteiger partial charge in [0.1, 0.15) is 11.5 Å². The summed E-state index contributed by atoms with van der Waals surface area (Å²) < 4.78 is 10.4. The Balaban J connectivity index is 2.89. The molecule has 1 aromatic carbocycles. The second-order valence-corrected chi connectivity index (χ2v) is 6.69. The largest absolute Gasteiger partial charge is 0.497 e. The first-order valence-corrected chi connectivity index (χ1v) is 6.75. The van der Waals surface area contributed by atoms with Crippen molar-refractivity contribution >= 4 is 17.5 Å². The minimum absolute atomic E-state index is 0.0608. The zero-order valence-corrected chi connectivity index (χ0v) is 12.4. The first-order valence-electron chi connectivity index (χ1n) is 5.76. The second kappa shape index (κ2) is 6.14. The number of Topliss-reactive ketones (excluding diaryl/α,β-unsaturated/α-hetero) is 1. The van der Waals surface area contributed by atoms with Crippen LogP contribution in [0, 0.1) is 0 Å². The van der Waals surface area contributed by atoms with Crippen molar-refractivity contribution in [1.82, 2.24) is 0 Å². The SMILES string of the molecule is COc1ccc(OC)c(C(=O)CSC(C)(C)C)c1. The Morgan fingerprint density at radius 2 is 1.89 bits per heavy atom. The maximum Gasteiger partial charge on any atom is 0.176 e. The predicted molar refractivity (Wildman–Crippen MR) is 76.1 cm³/mol. The normalized spacial score (nSPS) is 11.2. The molecule has 0 aliphatic heterocycles. The quantitative estimate of drug-likeness (QED) is 0.767. The maximum absolute atomic E-state index is 12.2. The molecule has 0 unspecified atom stereocenters. The lowest BCUT2D eigenvalue weighted by atomic mass is 10.1. The molecule has 0 radical (unpaired) electrons. The Hall–Kier alpha value is -1.16. The minimum Gasteiger partial charge on any atom is -0.497 e. The van der Waals surface area contributed by atoms with Crippen LogP contribution in [0.1, 0.15) is 31.1 Å². The van der Waals surface area contributed by atoms with Crippen LogP contribution in [0.5, 0.6) is 11.5 Å². The molecule has 1 rings (SSSR count). The first kappa shape index (κ1) is 14.9. The van der Waals surface area contributed by atoms with Crippen LogP contribution in [0.2, 0.25) is 0 Å². The minimum atomic E-state index is 0.0608. The van der Waals surface area contributed by atoms with Gasteiger partial charge in [-0.15, -0.1) is 11.8 Å². The van der Waals surface area contributed by atoms with E-state index in [1.165, 1.54) is 0 Å². The van der Waals surface area contributed by atoms with Gasteiger partial charge in [-0.05, 0) is 18.2 Å². The summed E-state index contributed by atoms with van der Waals surface area (Å²) in [4.78, 5) is 12.2. The van der Waals surface area contributed by atoms with Crippen LogP contribution in [-0.2, 0) is 0 Å². The van der Waals surface area contributed by atoms with Crippen LogP contribution in [0.25, 0.3) is 0 Å². The van der Waals surface area contributed by atoms with Crippen LogP contribution in [0.4, 0.5) is 0 Å². The highest BCUT2D eigenvalue weighted by Gasteiger charge is 2.18. The van der Waals surface area contributed by atoms with Crippen LogP contribution in [0.3, 0.4) is 0 Å². The van der Waals surface area contributed by atoms with Crippen molar-refractivity contribution in [3.8, 4) is 11.5 Å². The summed E-state index contributed by atoms with van der Waals surface area (Å²) in [6.45, 7) is 6.27. The van der Waals surface area contributed by atoms with Gasteiger partial charge in [0.05, 0.1) is 25.5 Å². The van der Waals surface area contributed by atoms with E-state index in [2.05, 4.69) is 20.8 Å². The summed E-state index contributed by atoms with van der Waals surface area (Å²) in [7, 11) is 3.15. The standard InChI is InChI=1S/C14H20O3S/c1-14(2,3)18-9-12(15)11-8-10(16-4)6-7-13(11)17-5/h6-8H,9H2,1-5H3. The zero-order valence-electron chi connectivity index (χ0n) is 11.6. The molecule has 0 N–H and O–H groups in total. The molecule has 0 saturated heterocycles.